The number of benzene rings is 4. The molecule has 336 valence electrons. The zero-order valence-corrected chi connectivity index (χ0v) is 37.9. The molecule has 0 heterocycles. The van der Waals surface area contributed by atoms with Gasteiger partial charge in [0.15, 0.2) is 8.32 Å². The zero-order chi connectivity index (χ0) is 44.2. The lowest BCUT2D eigenvalue weighted by Crippen LogP contribution is -2.42. The molecular weight excluding hydrogens is 826 g/mol. The van der Waals surface area contributed by atoms with Gasteiger partial charge in [0.2, 0.25) is 0 Å². The minimum Gasteiger partial charge on any atom is -0.417 e. The molecule has 0 aliphatic heterocycles. The Balaban J connectivity index is 1.47. The summed E-state index contributed by atoms with van der Waals surface area (Å²) in [6.07, 6.45) is -0.682. The van der Waals surface area contributed by atoms with Gasteiger partial charge in [0, 0.05) is 13.2 Å². The van der Waals surface area contributed by atoms with Crippen LogP contribution in [0.4, 0.5) is 13.2 Å². The molecule has 0 spiro atoms. The van der Waals surface area contributed by atoms with Crippen LogP contribution in [0.25, 0.3) is 0 Å². The lowest BCUT2D eigenvalue weighted by molar-refractivity contribution is -0.106. The lowest BCUT2D eigenvalue weighted by Gasteiger charge is -2.37. The van der Waals surface area contributed by atoms with Gasteiger partial charge >= 0.3 is 15.6 Å². The van der Waals surface area contributed by atoms with Gasteiger partial charge in [-0.3, -0.25) is 4.18 Å². The van der Waals surface area contributed by atoms with Crippen molar-refractivity contribution in [3.63, 3.8) is 0 Å². The summed E-state index contributed by atoms with van der Waals surface area (Å²) in [5.41, 5.74) is -1.79. The first-order valence-corrected chi connectivity index (χ1v) is 25.1. The molecule has 0 unspecified atom stereocenters. The summed E-state index contributed by atoms with van der Waals surface area (Å²) in [5, 5.41) is 0.0470. The summed E-state index contributed by atoms with van der Waals surface area (Å²) in [6, 6.07) is 38.6. The van der Waals surface area contributed by atoms with E-state index in [2.05, 4.69) is 38.0 Å². The van der Waals surface area contributed by atoms with Crippen molar-refractivity contribution in [3.05, 3.63) is 144 Å². The second-order valence-electron chi connectivity index (χ2n) is 16.5. The fraction of sp³-hybridized carbons (Fsp3) is 0.489. The van der Waals surface area contributed by atoms with E-state index >= 15 is 0 Å². The van der Waals surface area contributed by atoms with Gasteiger partial charge < -0.3 is 28.1 Å². The molecule has 0 aromatic heterocycles. The number of hydrogen-bond acceptors (Lipinski definition) is 9. The molecule has 14 heteroatoms. The average molecular weight is 889 g/mol. The van der Waals surface area contributed by atoms with Crippen molar-refractivity contribution in [2.45, 2.75) is 121 Å². The summed E-state index contributed by atoms with van der Waals surface area (Å²) in [6.45, 7) is 12.3. The van der Waals surface area contributed by atoms with Crippen molar-refractivity contribution >= 4 is 18.4 Å². The predicted molar refractivity (Wildman–Crippen MR) is 233 cm³/mol. The molecule has 0 saturated carbocycles. The maximum absolute atomic E-state index is 13.2. The van der Waals surface area contributed by atoms with Crippen molar-refractivity contribution in [2.75, 3.05) is 26.4 Å². The maximum atomic E-state index is 13.2. The van der Waals surface area contributed by atoms with Crippen LogP contribution in [-0.2, 0) is 68.8 Å². The molecule has 4 aromatic rings. The Morgan fingerprint density at radius 1 is 0.525 bits per heavy atom. The van der Waals surface area contributed by atoms with Crippen LogP contribution in [-0.4, -0.2) is 73.1 Å². The Labute approximate surface area is 362 Å². The van der Waals surface area contributed by atoms with Crippen LogP contribution in [0.15, 0.2) is 121 Å². The van der Waals surface area contributed by atoms with E-state index in [1.165, 1.54) is 0 Å². The molecule has 4 rings (SSSR count). The molecule has 0 radical (unpaired) electrons. The van der Waals surface area contributed by atoms with Crippen molar-refractivity contribution in [3.8, 4) is 0 Å². The molecular formula is C47H63F3O9SSi. The van der Waals surface area contributed by atoms with Crippen LogP contribution in [0.2, 0.25) is 18.1 Å². The van der Waals surface area contributed by atoms with Gasteiger partial charge in [0.05, 0.1) is 64.1 Å². The van der Waals surface area contributed by atoms with Crippen LogP contribution in [0.1, 0.15) is 68.7 Å². The highest BCUT2D eigenvalue weighted by atomic mass is 32.2. The predicted octanol–water partition coefficient (Wildman–Crippen LogP) is 10.8. The number of alkyl halides is 3. The Morgan fingerprint density at radius 2 is 0.885 bits per heavy atom. The Bertz CT molecular complexity index is 1880. The summed E-state index contributed by atoms with van der Waals surface area (Å²) in [7, 11) is -7.85. The minimum atomic E-state index is -5.82. The molecule has 9 nitrogen and oxygen atoms in total. The maximum Gasteiger partial charge on any atom is 0.523 e. The van der Waals surface area contributed by atoms with Crippen molar-refractivity contribution in [2.24, 2.45) is 0 Å². The third-order valence-electron chi connectivity index (χ3n) is 10.7. The number of rotatable bonds is 28. The first kappa shape index (κ1) is 50.2. The van der Waals surface area contributed by atoms with Crippen molar-refractivity contribution in [1.82, 2.24) is 0 Å². The molecule has 0 fully saturated rings. The van der Waals surface area contributed by atoms with E-state index in [1.54, 1.807) is 24.3 Å². The van der Waals surface area contributed by atoms with E-state index < -0.39 is 42.8 Å². The molecule has 4 aromatic carbocycles. The number of halogens is 3. The Morgan fingerprint density at radius 3 is 1.26 bits per heavy atom. The monoisotopic (exact) mass is 888 g/mol. The average Bonchev–Trinajstić information content (AvgIpc) is 3.23. The number of hydrogen-bond donors (Lipinski definition) is 0. The van der Waals surface area contributed by atoms with Crippen LogP contribution >= 0.6 is 0 Å². The third kappa shape index (κ3) is 18.4. The van der Waals surface area contributed by atoms with Crippen LogP contribution < -0.4 is 0 Å². The summed E-state index contributed by atoms with van der Waals surface area (Å²) >= 11 is 0. The van der Waals surface area contributed by atoms with E-state index in [4.69, 9.17) is 28.1 Å². The third-order valence-corrected chi connectivity index (χ3v) is 16.3. The van der Waals surface area contributed by atoms with Crippen LogP contribution in [0, 0.1) is 0 Å². The fourth-order valence-corrected chi connectivity index (χ4v) is 7.51. The summed E-state index contributed by atoms with van der Waals surface area (Å²) in [4.78, 5) is 0. The van der Waals surface area contributed by atoms with Gasteiger partial charge in [-0.05, 0) is 66.1 Å². The first-order chi connectivity index (χ1) is 29.0. The molecule has 0 aliphatic carbocycles. The highest BCUT2D eigenvalue weighted by molar-refractivity contribution is 7.87. The van der Waals surface area contributed by atoms with E-state index in [-0.39, 0.29) is 49.9 Å². The van der Waals surface area contributed by atoms with Gasteiger partial charge in [-0.25, -0.2) is 0 Å². The molecule has 0 amide bonds. The largest absolute Gasteiger partial charge is 0.523 e. The summed E-state index contributed by atoms with van der Waals surface area (Å²) < 4.78 is 106. The quantitative estimate of drug-likeness (QED) is 0.0239. The highest BCUT2D eigenvalue weighted by Crippen LogP contribution is 2.37. The van der Waals surface area contributed by atoms with Crippen LogP contribution in [0.5, 0.6) is 0 Å². The standard InChI is InChI=1S/C47H63F3O9SSi/c1-46(2,3)61(4,5)59-31-29-45(57-35-41-24-16-9-17-25-41)44(56-34-40-22-14-8-15-23-40)28-30-53-36-42(54-32-38-18-10-6-11-19-38)26-27-43(37-58-60(51,52)47(48,49)50)55-33-39-20-12-7-13-21-39/h6-25,42-45H,26-37H2,1-5H3/t42-,43-,44+,45+/m0/s1. The highest BCUT2D eigenvalue weighted by Gasteiger charge is 2.47. The van der Waals surface area contributed by atoms with Gasteiger partial charge in [0.25, 0.3) is 0 Å². The lowest BCUT2D eigenvalue weighted by atomic mass is 10.1. The van der Waals surface area contributed by atoms with Crippen LogP contribution in [0.3, 0.4) is 0 Å². The molecule has 0 N–H and O–H groups in total. The van der Waals surface area contributed by atoms with Crippen molar-refractivity contribution in [1.29, 1.82) is 0 Å². The second-order valence-corrected chi connectivity index (χ2v) is 22.9. The second kappa shape index (κ2) is 25.0. The Kier molecular flexibility index (Phi) is 20.6. The summed E-state index contributed by atoms with van der Waals surface area (Å²) in [5.74, 6) is 0. The Hall–Kier alpha value is -3.44. The molecule has 4 atom stereocenters. The van der Waals surface area contributed by atoms with E-state index in [1.807, 2.05) is 97.1 Å². The minimum absolute atomic E-state index is 0.0470. The van der Waals surface area contributed by atoms with Crippen molar-refractivity contribution < 1.29 is 53.9 Å². The zero-order valence-electron chi connectivity index (χ0n) is 36.1. The first-order valence-electron chi connectivity index (χ1n) is 20.8. The molecule has 61 heavy (non-hydrogen) atoms. The molecule has 0 saturated heterocycles. The van der Waals surface area contributed by atoms with Gasteiger partial charge in [-0.15, -0.1) is 0 Å². The molecule has 0 aliphatic rings. The van der Waals surface area contributed by atoms with Gasteiger partial charge in [-0.1, -0.05) is 142 Å². The van der Waals surface area contributed by atoms with E-state index in [9.17, 15) is 21.6 Å². The van der Waals surface area contributed by atoms with Gasteiger partial charge in [0.1, 0.15) is 0 Å². The van der Waals surface area contributed by atoms with E-state index in [0.29, 0.717) is 39.3 Å². The van der Waals surface area contributed by atoms with Gasteiger partial charge in [-0.2, -0.15) is 21.6 Å². The molecule has 0 bridgehead atoms. The normalized spacial score (nSPS) is 14.7. The topological polar surface area (TPSA) is 98.8 Å². The smallest absolute Gasteiger partial charge is 0.417 e. The fourth-order valence-electron chi connectivity index (χ4n) is 5.98. The van der Waals surface area contributed by atoms with E-state index in [0.717, 1.165) is 22.3 Å². The number of ether oxygens (including phenoxy) is 5. The SMILES string of the molecule is CC(C)(C)[Si](C)(C)OCC[C@@H](OCc1ccccc1)[C@@H](CCOC[C@H](CC[C@@H](COS(=O)(=O)C(F)(F)F)OCc1ccccc1)OCc1ccccc1)OCc1ccccc1.